The minimum atomic E-state index is 0.0271. The van der Waals surface area contributed by atoms with E-state index in [2.05, 4.69) is 20.8 Å². The molecule has 2 nitrogen and oxygen atoms in total. The first-order valence-electron chi connectivity index (χ1n) is 5.92. The Morgan fingerprint density at radius 1 is 1.07 bits per heavy atom. The number of rotatable bonds is 10. The van der Waals surface area contributed by atoms with E-state index in [0.717, 1.165) is 25.6 Å². The highest BCUT2D eigenvalue weighted by Crippen LogP contribution is 2.17. The molecule has 0 saturated carbocycles. The predicted molar refractivity (Wildman–Crippen MR) is 68.8 cm³/mol. The lowest BCUT2D eigenvalue weighted by Crippen LogP contribution is -2.27. The van der Waals surface area contributed by atoms with Crippen molar-refractivity contribution >= 4 is 11.8 Å². The predicted octanol–water partition coefficient (Wildman–Crippen LogP) is 3.35. The molecule has 0 aromatic carbocycles. The normalized spacial score (nSPS) is 12.0. The van der Waals surface area contributed by atoms with Gasteiger partial charge in [-0.2, -0.15) is 11.8 Å². The van der Waals surface area contributed by atoms with Crippen LogP contribution in [-0.4, -0.2) is 36.9 Å². The number of hydrogen-bond donors (Lipinski definition) is 0. The smallest absolute Gasteiger partial charge is 0.0716 e. The summed E-state index contributed by atoms with van der Waals surface area (Å²) in [6, 6.07) is 0. The van der Waals surface area contributed by atoms with E-state index in [-0.39, 0.29) is 5.60 Å². The molecule has 0 rings (SSSR count). The maximum Gasteiger partial charge on any atom is 0.0716 e. The van der Waals surface area contributed by atoms with Crippen LogP contribution in [0.15, 0.2) is 0 Å². The van der Waals surface area contributed by atoms with Crippen LogP contribution < -0.4 is 0 Å². The molecule has 0 unspecified atom stereocenters. The fourth-order valence-corrected chi connectivity index (χ4v) is 2.43. The van der Waals surface area contributed by atoms with Crippen LogP contribution in [0.2, 0.25) is 0 Å². The van der Waals surface area contributed by atoms with Crippen LogP contribution in [-0.2, 0) is 9.47 Å². The Kier molecular flexibility index (Phi) is 9.66. The van der Waals surface area contributed by atoms with E-state index < -0.39 is 0 Å². The number of unbranched alkanes of at least 4 members (excludes halogenated alkanes) is 1. The topological polar surface area (TPSA) is 18.5 Å². The Balaban J connectivity index is 3.22. The number of ether oxygens (including phenoxy) is 2. The van der Waals surface area contributed by atoms with Crippen LogP contribution >= 0.6 is 11.8 Å². The molecule has 0 aliphatic carbocycles. The van der Waals surface area contributed by atoms with Crippen molar-refractivity contribution in [3.63, 3.8) is 0 Å². The van der Waals surface area contributed by atoms with Crippen molar-refractivity contribution in [3.05, 3.63) is 0 Å². The van der Waals surface area contributed by atoms with Gasteiger partial charge in [-0.05, 0) is 46.3 Å². The summed E-state index contributed by atoms with van der Waals surface area (Å²) >= 11 is 1.98. The SMILES string of the molecule is CCOCCCCSCC(C)(C)OCC. The summed E-state index contributed by atoms with van der Waals surface area (Å²) in [4.78, 5) is 0. The van der Waals surface area contributed by atoms with Gasteiger partial charge in [0.15, 0.2) is 0 Å². The Bertz CT molecular complexity index is 138. The molecule has 0 amide bonds. The molecule has 0 spiro atoms. The summed E-state index contributed by atoms with van der Waals surface area (Å²) < 4.78 is 10.9. The van der Waals surface area contributed by atoms with Gasteiger partial charge >= 0.3 is 0 Å². The van der Waals surface area contributed by atoms with Crippen molar-refractivity contribution in [3.8, 4) is 0 Å². The van der Waals surface area contributed by atoms with Gasteiger partial charge in [0.05, 0.1) is 5.60 Å². The van der Waals surface area contributed by atoms with Gasteiger partial charge < -0.3 is 9.47 Å². The summed E-state index contributed by atoms with van der Waals surface area (Å²) in [5.41, 5.74) is 0.0271. The molecule has 0 aliphatic heterocycles. The highest BCUT2D eigenvalue weighted by molar-refractivity contribution is 7.99. The fourth-order valence-electron chi connectivity index (χ4n) is 1.30. The molecular formula is C12H26O2S. The van der Waals surface area contributed by atoms with Crippen molar-refractivity contribution in [1.29, 1.82) is 0 Å². The first-order valence-corrected chi connectivity index (χ1v) is 7.07. The molecule has 0 aromatic heterocycles. The second-order valence-corrected chi connectivity index (χ2v) is 5.25. The minimum Gasteiger partial charge on any atom is -0.382 e. The lowest BCUT2D eigenvalue weighted by molar-refractivity contribution is 0.00920. The summed E-state index contributed by atoms with van der Waals surface area (Å²) in [7, 11) is 0. The molecule has 0 fully saturated rings. The standard InChI is InChI=1S/C12H26O2S/c1-5-13-9-7-8-10-15-11-12(3,4)14-6-2/h5-11H2,1-4H3. The first kappa shape index (κ1) is 15.3. The average molecular weight is 234 g/mol. The maximum absolute atomic E-state index is 5.63. The van der Waals surface area contributed by atoms with Gasteiger partial charge in [-0.3, -0.25) is 0 Å². The molecule has 0 atom stereocenters. The van der Waals surface area contributed by atoms with Gasteiger partial charge in [0.2, 0.25) is 0 Å². The third-order valence-corrected chi connectivity index (χ3v) is 3.49. The van der Waals surface area contributed by atoms with E-state index in [1.54, 1.807) is 0 Å². The van der Waals surface area contributed by atoms with Gasteiger partial charge in [0, 0.05) is 25.6 Å². The van der Waals surface area contributed by atoms with Gasteiger partial charge in [0.1, 0.15) is 0 Å². The van der Waals surface area contributed by atoms with Crippen molar-refractivity contribution < 1.29 is 9.47 Å². The Morgan fingerprint density at radius 2 is 1.80 bits per heavy atom. The van der Waals surface area contributed by atoms with Crippen molar-refractivity contribution in [1.82, 2.24) is 0 Å². The van der Waals surface area contributed by atoms with E-state index in [1.807, 2.05) is 18.7 Å². The highest BCUT2D eigenvalue weighted by Gasteiger charge is 2.16. The van der Waals surface area contributed by atoms with Crippen LogP contribution in [0.3, 0.4) is 0 Å². The van der Waals surface area contributed by atoms with E-state index in [9.17, 15) is 0 Å². The molecule has 0 aliphatic rings. The summed E-state index contributed by atoms with van der Waals surface area (Å²) in [6.45, 7) is 11.0. The zero-order valence-electron chi connectivity index (χ0n) is 10.7. The molecule has 92 valence electrons. The summed E-state index contributed by atoms with van der Waals surface area (Å²) in [6.07, 6.45) is 2.42. The zero-order chi connectivity index (χ0) is 11.6. The minimum absolute atomic E-state index is 0.0271. The second-order valence-electron chi connectivity index (χ2n) is 4.15. The molecule has 15 heavy (non-hydrogen) atoms. The van der Waals surface area contributed by atoms with E-state index in [4.69, 9.17) is 9.47 Å². The monoisotopic (exact) mass is 234 g/mol. The van der Waals surface area contributed by atoms with Gasteiger partial charge in [-0.25, -0.2) is 0 Å². The first-order chi connectivity index (χ1) is 7.12. The highest BCUT2D eigenvalue weighted by atomic mass is 32.2. The van der Waals surface area contributed by atoms with E-state index >= 15 is 0 Å². The maximum atomic E-state index is 5.63. The Hall–Kier alpha value is 0.270. The summed E-state index contributed by atoms with van der Waals surface area (Å²) in [5.74, 6) is 2.29. The molecule has 3 heteroatoms. The van der Waals surface area contributed by atoms with Crippen LogP contribution in [0, 0.1) is 0 Å². The Labute approximate surface area is 99.1 Å². The van der Waals surface area contributed by atoms with Gasteiger partial charge in [-0.15, -0.1) is 0 Å². The summed E-state index contributed by atoms with van der Waals surface area (Å²) in [5, 5.41) is 0. The lowest BCUT2D eigenvalue weighted by Gasteiger charge is -2.24. The zero-order valence-corrected chi connectivity index (χ0v) is 11.5. The molecule has 0 N–H and O–H groups in total. The largest absolute Gasteiger partial charge is 0.382 e. The van der Waals surface area contributed by atoms with Crippen molar-refractivity contribution in [2.45, 2.75) is 46.1 Å². The third-order valence-electron chi connectivity index (χ3n) is 2.02. The van der Waals surface area contributed by atoms with E-state index in [1.165, 1.54) is 18.6 Å². The quantitative estimate of drug-likeness (QED) is 0.540. The van der Waals surface area contributed by atoms with Crippen molar-refractivity contribution in [2.24, 2.45) is 0 Å². The lowest BCUT2D eigenvalue weighted by atomic mass is 10.2. The number of thioether (sulfide) groups is 1. The second kappa shape index (κ2) is 9.49. The van der Waals surface area contributed by atoms with Crippen LogP contribution in [0.25, 0.3) is 0 Å². The van der Waals surface area contributed by atoms with E-state index in [0.29, 0.717) is 0 Å². The fraction of sp³-hybridized carbons (Fsp3) is 1.00. The molecule has 0 aromatic rings. The van der Waals surface area contributed by atoms with Crippen LogP contribution in [0.1, 0.15) is 40.5 Å². The Morgan fingerprint density at radius 3 is 2.40 bits per heavy atom. The molecule has 0 radical (unpaired) electrons. The average Bonchev–Trinajstić information content (AvgIpc) is 2.16. The number of hydrogen-bond acceptors (Lipinski definition) is 3. The molecule has 0 heterocycles. The van der Waals surface area contributed by atoms with Gasteiger partial charge in [-0.1, -0.05) is 0 Å². The van der Waals surface area contributed by atoms with Crippen molar-refractivity contribution in [2.75, 3.05) is 31.3 Å². The molecule has 0 saturated heterocycles. The molecule has 0 bridgehead atoms. The van der Waals surface area contributed by atoms with Crippen LogP contribution in [0.4, 0.5) is 0 Å². The molecular weight excluding hydrogens is 208 g/mol. The van der Waals surface area contributed by atoms with Gasteiger partial charge in [0.25, 0.3) is 0 Å². The third kappa shape index (κ3) is 10.6. The van der Waals surface area contributed by atoms with Crippen LogP contribution in [0.5, 0.6) is 0 Å².